The third-order valence-electron chi connectivity index (χ3n) is 5.88. The van der Waals surface area contributed by atoms with E-state index in [1.165, 1.54) is 24.1 Å². The Kier molecular flexibility index (Phi) is 5.36. The number of aryl methyl sites for hydroxylation is 2. The number of likely N-dealkylation sites (N-methyl/N-ethyl adjacent to an activating group) is 1. The topological polar surface area (TPSA) is 61.8 Å². The molecule has 4 rings (SSSR count). The van der Waals surface area contributed by atoms with Gasteiger partial charge in [0.15, 0.2) is 5.82 Å². The Balaban J connectivity index is 1.25. The second-order valence-electron chi connectivity index (χ2n) is 7.71. The van der Waals surface area contributed by atoms with Crippen molar-refractivity contribution in [2.45, 2.75) is 38.1 Å². The van der Waals surface area contributed by atoms with Crippen LogP contribution in [0, 0.1) is 0 Å². The first-order chi connectivity index (χ1) is 12.7. The monoisotopic (exact) mass is 359 g/mol. The molecular weight excluding hydrogens is 330 g/mol. The minimum atomic E-state index is 0.121. The molecule has 1 amide bonds. The van der Waals surface area contributed by atoms with E-state index in [9.17, 15) is 4.79 Å². The first kappa shape index (κ1) is 17.7. The molecule has 0 spiro atoms. The quantitative estimate of drug-likeness (QED) is 0.772. The highest BCUT2D eigenvalue weighted by Crippen LogP contribution is 2.25. The van der Waals surface area contributed by atoms with Crippen molar-refractivity contribution in [1.82, 2.24) is 20.0 Å². The Morgan fingerprint density at radius 3 is 2.96 bits per heavy atom. The average Bonchev–Trinajstić information content (AvgIpc) is 2.83. The molecule has 0 N–H and O–H groups in total. The zero-order valence-electron chi connectivity index (χ0n) is 15.7. The zero-order valence-corrected chi connectivity index (χ0v) is 15.7. The Bertz CT molecular complexity index is 647. The summed E-state index contributed by atoms with van der Waals surface area (Å²) < 4.78 is 5.30. The number of rotatable bonds is 5. The highest BCUT2D eigenvalue weighted by atomic mass is 16.5. The summed E-state index contributed by atoms with van der Waals surface area (Å²) in [4.78, 5) is 18.6. The number of amides is 1. The lowest BCUT2D eigenvalue weighted by Crippen LogP contribution is -2.59. The van der Waals surface area contributed by atoms with Crippen molar-refractivity contribution in [2.75, 3.05) is 57.9 Å². The average molecular weight is 359 g/mol. The third kappa shape index (κ3) is 3.83. The van der Waals surface area contributed by atoms with Crippen LogP contribution in [0.3, 0.4) is 0 Å². The number of carbonyl (C=O) groups excluding carboxylic acids is 1. The van der Waals surface area contributed by atoms with Crippen LogP contribution in [0.25, 0.3) is 0 Å². The van der Waals surface area contributed by atoms with E-state index in [-0.39, 0.29) is 12.5 Å². The second kappa shape index (κ2) is 7.88. The van der Waals surface area contributed by atoms with Gasteiger partial charge in [0.1, 0.15) is 6.61 Å². The van der Waals surface area contributed by atoms with Crippen LogP contribution in [-0.2, 0) is 22.4 Å². The predicted octanol–water partition coefficient (Wildman–Crippen LogP) is 0.725. The number of carbonyl (C=O) groups is 1. The third-order valence-corrected chi connectivity index (χ3v) is 5.88. The number of fused-ring (bicyclic) bond motifs is 1. The van der Waals surface area contributed by atoms with E-state index in [2.05, 4.69) is 33.1 Å². The largest absolute Gasteiger partial charge is 0.372 e. The summed E-state index contributed by atoms with van der Waals surface area (Å²) in [5.74, 6) is 1.14. The molecule has 7 heteroatoms. The molecule has 0 saturated carbocycles. The van der Waals surface area contributed by atoms with Gasteiger partial charge in [0.05, 0.1) is 5.69 Å². The summed E-state index contributed by atoms with van der Waals surface area (Å²) in [5.41, 5.74) is 2.58. The van der Waals surface area contributed by atoms with Crippen LogP contribution in [-0.4, -0.2) is 84.9 Å². The molecule has 1 aliphatic carbocycles. The molecule has 2 saturated heterocycles. The van der Waals surface area contributed by atoms with Gasteiger partial charge in [0.2, 0.25) is 5.91 Å². The molecule has 0 aromatic carbocycles. The fourth-order valence-corrected chi connectivity index (χ4v) is 3.98. The molecule has 0 bridgehead atoms. The van der Waals surface area contributed by atoms with Crippen molar-refractivity contribution < 1.29 is 9.53 Å². The summed E-state index contributed by atoms with van der Waals surface area (Å²) in [6.07, 6.45) is 5.66. The van der Waals surface area contributed by atoms with E-state index in [4.69, 9.17) is 4.74 Å². The predicted molar refractivity (Wildman–Crippen MR) is 99.3 cm³/mol. The van der Waals surface area contributed by atoms with Crippen molar-refractivity contribution >= 4 is 11.7 Å². The highest BCUT2D eigenvalue weighted by molar-refractivity contribution is 5.77. The number of ether oxygens (including phenoxy) is 1. The molecule has 0 radical (unpaired) electrons. The molecule has 3 heterocycles. The summed E-state index contributed by atoms with van der Waals surface area (Å²) in [6.45, 7) is 5.40. The fraction of sp³-hybridized carbons (Fsp3) is 0.737. The number of nitrogens with zero attached hydrogens (tertiary/aromatic N) is 5. The van der Waals surface area contributed by atoms with Crippen molar-refractivity contribution in [3.05, 3.63) is 17.3 Å². The van der Waals surface area contributed by atoms with E-state index in [0.29, 0.717) is 12.6 Å². The molecular formula is C19H29N5O2. The van der Waals surface area contributed by atoms with Crippen LogP contribution in [0.4, 0.5) is 5.82 Å². The number of anilines is 1. The lowest BCUT2D eigenvalue weighted by molar-refractivity contribution is -0.134. The first-order valence-electron chi connectivity index (χ1n) is 9.87. The normalized spacial score (nSPS) is 21.5. The molecule has 2 fully saturated rings. The summed E-state index contributed by atoms with van der Waals surface area (Å²) >= 11 is 0. The number of hydrogen-bond acceptors (Lipinski definition) is 6. The van der Waals surface area contributed by atoms with Gasteiger partial charge in [-0.25, -0.2) is 0 Å². The van der Waals surface area contributed by atoms with Gasteiger partial charge in [0.25, 0.3) is 0 Å². The molecule has 3 aliphatic rings. The standard InChI is InChI=1S/C19H29N5O2/c1-22(8-9-23-7-4-10-26-14-19(23)25)16-12-24(13-16)18-11-15-5-2-3-6-17(15)20-21-18/h11,16H,2-10,12-14H2,1H3. The Morgan fingerprint density at radius 2 is 2.08 bits per heavy atom. The van der Waals surface area contributed by atoms with Crippen molar-refractivity contribution in [2.24, 2.45) is 0 Å². The Hall–Kier alpha value is -1.73. The molecule has 2 aliphatic heterocycles. The van der Waals surface area contributed by atoms with E-state index in [1.807, 2.05) is 4.90 Å². The molecule has 7 nitrogen and oxygen atoms in total. The Labute approximate surface area is 155 Å². The molecule has 142 valence electrons. The van der Waals surface area contributed by atoms with Gasteiger partial charge in [-0.2, -0.15) is 5.10 Å². The van der Waals surface area contributed by atoms with Crippen LogP contribution >= 0.6 is 0 Å². The van der Waals surface area contributed by atoms with E-state index < -0.39 is 0 Å². The first-order valence-corrected chi connectivity index (χ1v) is 9.87. The van der Waals surface area contributed by atoms with Gasteiger partial charge in [-0.05, 0) is 50.8 Å². The maximum absolute atomic E-state index is 12.0. The smallest absolute Gasteiger partial charge is 0.248 e. The van der Waals surface area contributed by atoms with E-state index >= 15 is 0 Å². The van der Waals surface area contributed by atoms with Gasteiger partial charge < -0.3 is 14.5 Å². The maximum Gasteiger partial charge on any atom is 0.248 e. The van der Waals surface area contributed by atoms with Crippen molar-refractivity contribution in [3.8, 4) is 0 Å². The minimum absolute atomic E-state index is 0.121. The van der Waals surface area contributed by atoms with Gasteiger partial charge in [-0.1, -0.05) is 0 Å². The van der Waals surface area contributed by atoms with Crippen LogP contribution < -0.4 is 4.90 Å². The van der Waals surface area contributed by atoms with E-state index in [1.54, 1.807) is 0 Å². The molecule has 1 aromatic rings. The molecule has 0 unspecified atom stereocenters. The van der Waals surface area contributed by atoms with E-state index in [0.717, 1.165) is 57.8 Å². The van der Waals surface area contributed by atoms with Gasteiger partial charge >= 0.3 is 0 Å². The van der Waals surface area contributed by atoms with Crippen LogP contribution in [0.1, 0.15) is 30.5 Å². The van der Waals surface area contributed by atoms with Crippen molar-refractivity contribution in [1.29, 1.82) is 0 Å². The molecule has 1 aromatic heterocycles. The maximum atomic E-state index is 12.0. The van der Waals surface area contributed by atoms with Gasteiger partial charge in [0, 0.05) is 45.4 Å². The van der Waals surface area contributed by atoms with Crippen LogP contribution in [0.2, 0.25) is 0 Å². The summed E-state index contributed by atoms with van der Waals surface area (Å²) in [7, 11) is 2.15. The number of aromatic nitrogens is 2. The second-order valence-corrected chi connectivity index (χ2v) is 7.71. The lowest BCUT2D eigenvalue weighted by atomic mass is 9.96. The molecule has 0 atom stereocenters. The Morgan fingerprint density at radius 1 is 1.23 bits per heavy atom. The summed E-state index contributed by atoms with van der Waals surface area (Å²) in [6, 6.07) is 2.76. The van der Waals surface area contributed by atoms with Gasteiger partial charge in [-0.3, -0.25) is 9.69 Å². The van der Waals surface area contributed by atoms with Gasteiger partial charge in [-0.15, -0.1) is 5.10 Å². The summed E-state index contributed by atoms with van der Waals surface area (Å²) in [5, 5.41) is 8.88. The fourth-order valence-electron chi connectivity index (χ4n) is 3.98. The highest BCUT2D eigenvalue weighted by Gasteiger charge is 2.32. The van der Waals surface area contributed by atoms with Crippen LogP contribution in [0.5, 0.6) is 0 Å². The van der Waals surface area contributed by atoms with Crippen LogP contribution in [0.15, 0.2) is 6.07 Å². The zero-order chi connectivity index (χ0) is 17.9. The minimum Gasteiger partial charge on any atom is -0.372 e. The molecule has 26 heavy (non-hydrogen) atoms. The van der Waals surface area contributed by atoms with Crippen molar-refractivity contribution in [3.63, 3.8) is 0 Å². The number of hydrogen-bond donors (Lipinski definition) is 0. The SMILES string of the molecule is CN(CCN1CCCOCC1=O)C1CN(c2cc3c(nn2)CCCC3)C1. The lowest BCUT2D eigenvalue weighted by Gasteiger charge is -2.45.